The van der Waals surface area contributed by atoms with Crippen LogP contribution in [-0.2, 0) is 11.2 Å². The molecule has 1 fully saturated rings. The standard InChI is InChI=1S/C15H21ClN2OS.ClH/c16-13-5-3-12(4-6-13)2-1-7-18-15(19)10-14-11-20-9-8-17-14;/h3-6,14,17H,1-2,7-11H2,(H,18,19);1H. The molecule has 1 aromatic carbocycles. The Balaban J connectivity index is 0.00000220. The Bertz CT molecular complexity index is 422. The van der Waals surface area contributed by atoms with Crippen molar-refractivity contribution in [1.82, 2.24) is 10.6 Å². The maximum atomic E-state index is 11.8. The zero-order valence-electron chi connectivity index (χ0n) is 11.9. The topological polar surface area (TPSA) is 41.1 Å². The molecule has 6 heteroatoms. The van der Waals surface area contributed by atoms with Gasteiger partial charge in [-0.2, -0.15) is 11.8 Å². The van der Waals surface area contributed by atoms with Gasteiger partial charge in [0.05, 0.1) is 0 Å². The molecule has 2 rings (SSSR count). The van der Waals surface area contributed by atoms with Crippen molar-refractivity contribution >= 4 is 41.7 Å². The minimum absolute atomic E-state index is 0. The largest absolute Gasteiger partial charge is 0.356 e. The predicted octanol–water partition coefficient (Wildman–Crippen LogP) is 2.91. The molecule has 0 aromatic heterocycles. The lowest BCUT2D eigenvalue weighted by atomic mass is 10.1. The van der Waals surface area contributed by atoms with Crippen LogP contribution in [0.3, 0.4) is 0 Å². The van der Waals surface area contributed by atoms with Crippen LogP contribution in [-0.4, -0.2) is 36.5 Å². The van der Waals surface area contributed by atoms with Gasteiger partial charge >= 0.3 is 0 Å². The first-order valence-corrected chi connectivity index (χ1v) is 8.59. The lowest BCUT2D eigenvalue weighted by Crippen LogP contribution is -2.41. The van der Waals surface area contributed by atoms with Gasteiger partial charge in [-0.1, -0.05) is 23.7 Å². The summed E-state index contributed by atoms with van der Waals surface area (Å²) in [4.78, 5) is 11.8. The molecular formula is C15H22Cl2N2OS. The van der Waals surface area contributed by atoms with E-state index in [4.69, 9.17) is 11.6 Å². The maximum Gasteiger partial charge on any atom is 0.221 e. The van der Waals surface area contributed by atoms with E-state index in [1.54, 1.807) is 0 Å². The average Bonchev–Trinajstić information content (AvgIpc) is 2.46. The lowest BCUT2D eigenvalue weighted by molar-refractivity contribution is -0.121. The molecule has 3 nitrogen and oxygen atoms in total. The first kappa shape index (κ1) is 18.6. The van der Waals surface area contributed by atoms with Gasteiger partial charge in [0.25, 0.3) is 0 Å². The van der Waals surface area contributed by atoms with E-state index in [1.807, 2.05) is 36.0 Å². The first-order chi connectivity index (χ1) is 9.74. The lowest BCUT2D eigenvalue weighted by Gasteiger charge is -2.22. The highest BCUT2D eigenvalue weighted by Gasteiger charge is 2.16. The van der Waals surface area contributed by atoms with Crippen molar-refractivity contribution < 1.29 is 4.79 Å². The molecule has 1 atom stereocenters. The number of aryl methyl sites for hydroxylation is 1. The summed E-state index contributed by atoms with van der Waals surface area (Å²) in [5.74, 6) is 2.35. The van der Waals surface area contributed by atoms with E-state index in [1.165, 1.54) is 5.56 Å². The molecular weight excluding hydrogens is 327 g/mol. The minimum Gasteiger partial charge on any atom is -0.356 e. The highest BCUT2D eigenvalue weighted by Crippen LogP contribution is 2.11. The molecule has 1 saturated heterocycles. The molecule has 1 aromatic rings. The van der Waals surface area contributed by atoms with Gasteiger partial charge in [0.15, 0.2) is 0 Å². The summed E-state index contributed by atoms with van der Waals surface area (Å²) in [5, 5.41) is 7.14. The molecule has 1 aliphatic rings. The fraction of sp³-hybridized carbons (Fsp3) is 0.533. The van der Waals surface area contributed by atoms with Gasteiger partial charge in [0, 0.05) is 42.1 Å². The number of halogens is 2. The Morgan fingerprint density at radius 3 is 2.81 bits per heavy atom. The second kappa shape index (κ2) is 10.3. The Hall–Kier alpha value is -0.420. The fourth-order valence-corrected chi connectivity index (χ4v) is 3.29. The van der Waals surface area contributed by atoms with Crippen molar-refractivity contribution in [3.05, 3.63) is 34.9 Å². The van der Waals surface area contributed by atoms with Crippen molar-refractivity contribution in [3.8, 4) is 0 Å². The van der Waals surface area contributed by atoms with Gasteiger partial charge in [-0.3, -0.25) is 4.79 Å². The number of rotatable bonds is 6. The van der Waals surface area contributed by atoms with Gasteiger partial charge in [0.1, 0.15) is 0 Å². The van der Waals surface area contributed by atoms with E-state index in [-0.39, 0.29) is 18.3 Å². The Kier molecular flexibility index (Phi) is 9.16. The van der Waals surface area contributed by atoms with E-state index < -0.39 is 0 Å². The van der Waals surface area contributed by atoms with Crippen molar-refractivity contribution in [2.45, 2.75) is 25.3 Å². The van der Waals surface area contributed by atoms with Crippen LogP contribution in [0, 0.1) is 0 Å². The van der Waals surface area contributed by atoms with Crippen LogP contribution >= 0.6 is 35.8 Å². The van der Waals surface area contributed by atoms with E-state index in [0.29, 0.717) is 12.5 Å². The number of hydrogen-bond donors (Lipinski definition) is 2. The van der Waals surface area contributed by atoms with Gasteiger partial charge in [-0.15, -0.1) is 12.4 Å². The van der Waals surface area contributed by atoms with Gasteiger partial charge < -0.3 is 10.6 Å². The predicted molar refractivity (Wildman–Crippen MR) is 93.8 cm³/mol. The van der Waals surface area contributed by atoms with Crippen molar-refractivity contribution in [2.75, 3.05) is 24.6 Å². The summed E-state index contributed by atoms with van der Waals surface area (Å²) in [5.41, 5.74) is 1.26. The van der Waals surface area contributed by atoms with E-state index >= 15 is 0 Å². The van der Waals surface area contributed by atoms with E-state index in [0.717, 1.165) is 42.5 Å². The molecule has 1 aliphatic heterocycles. The second-order valence-electron chi connectivity index (χ2n) is 5.01. The highest BCUT2D eigenvalue weighted by molar-refractivity contribution is 7.99. The van der Waals surface area contributed by atoms with E-state index in [9.17, 15) is 4.79 Å². The number of benzene rings is 1. The third kappa shape index (κ3) is 7.41. The van der Waals surface area contributed by atoms with Crippen LogP contribution in [0.25, 0.3) is 0 Å². The average molecular weight is 349 g/mol. The third-order valence-electron chi connectivity index (χ3n) is 3.31. The molecule has 118 valence electrons. The molecule has 1 heterocycles. The first-order valence-electron chi connectivity index (χ1n) is 7.06. The number of amides is 1. The van der Waals surface area contributed by atoms with Crippen LogP contribution in [0.15, 0.2) is 24.3 Å². The Labute approximate surface area is 142 Å². The molecule has 1 unspecified atom stereocenters. The van der Waals surface area contributed by atoms with Crippen LogP contribution in [0.4, 0.5) is 0 Å². The normalized spacial score (nSPS) is 17.9. The second-order valence-corrected chi connectivity index (χ2v) is 6.60. The third-order valence-corrected chi connectivity index (χ3v) is 4.69. The fourth-order valence-electron chi connectivity index (χ4n) is 2.22. The van der Waals surface area contributed by atoms with Crippen LogP contribution in [0.1, 0.15) is 18.4 Å². The summed E-state index contributed by atoms with van der Waals surface area (Å²) < 4.78 is 0. The molecule has 0 radical (unpaired) electrons. The quantitative estimate of drug-likeness (QED) is 0.776. The number of thioether (sulfide) groups is 1. The molecule has 0 aliphatic carbocycles. The Morgan fingerprint density at radius 1 is 1.38 bits per heavy atom. The molecule has 2 N–H and O–H groups in total. The Morgan fingerprint density at radius 2 is 2.14 bits per heavy atom. The number of nitrogens with one attached hydrogen (secondary N) is 2. The minimum atomic E-state index is 0. The molecule has 0 saturated carbocycles. The van der Waals surface area contributed by atoms with Crippen molar-refractivity contribution in [2.24, 2.45) is 0 Å². The summed E-state index contributed by atoms with van der Waals surface area (Å²) >= 11 is 7.76. The van der Waals surface area contributed by atoms with Crippen LogP contribution in [0.5, 0.6) is 0 Å². The summed E-state index contributed by atoms with van der Waals surface area (Å²) in [7, 11) is 0. The zero-order chi connectivity index (χ0) is 14.2. The molecule has 0 spiro atoms. The SMILES string of the molecule is Cl.O=C(CC1CSCCN1)NCCCc1ccc(Cl)cc1. The number of carbonyl (C=O) groups excluding carboxylic acids is 1. The number of carbonyl (C=O) groups is 1. The van der Waals surface area contributed by atoms with Gasteiger partial charge in [-0.05, 0) is 30.5 Å². The summed E-state index contributed by atoms with van der Waals surface area (Å²) in [6.45, 7) is 1.75. The highest BCUT2D eigenvalue weighted by atomic mass is 35.5. The smallest absolute Gasteiger partial charge is 0.221 e. The van der Waals surface area contributed by atoms with Crippen LogP contribution in [0.2, 0.25) is 5.02 Å². The number of hydrogen-bond acceptors (Lipinski definition) is 3. The molecule has 1 amide bonds. The molecule has 0 bridgehead atoms. The van der Waals surface area contributed by atoms with Crippen LogP contribution < -0.4 is 10.6 Å². The van der Waals surface area contributed by atoms with E-state index in [2.05, 4.69) is 10.6 Å². The zero-order valence-corrected chi connectivity index (χ0v) is 14.3. The van der Waals surface area contributed by atoms with Gasteiger partial charge in [0.2, 0.25) is 5.91 Å². The molecule has 21 heavy (non-hydrogen) atoms. The van der Waals surface area contributed by atoms with Crippen molar-refractivity contribution in [1.29, 1.82) is 0 Å². The maximum absolute atomic E-state index is 11.8. The monoisotopic (exact) mass is 348 g/mol. The summed E-state index contributed by atoms with van der Waals surface area (Å²) in [6.07, 6.45) is 2.52. The summed E-state index contributed by atoms with van der Waals surface area (Å²) in [6, 6.07) is 8.22. The van der Waals surface area contributed by atoms with Crippen molar-refractivity contribution in [3.63, 3.8) is 0 Å². The van der Waals surface area contributed by atoms with Gasteiger partial charge in [-0.25, -0.2) is 0 Å².